The molecule has 0 saturated heterocycles. The van der Waals surface area contributed by atoms with Gasteiger partial charge in [-0.3, -0.25) is 0 Å². The van der Waals surface area contributed by atoms with Crippen molar-refractivity contribution < 1.29 is 0 Å². The first-order valence-corrected chi connectivity index (χ1v) is 6.44. The predicted molar refractivity (Wildman–Crippen MR) is 73.5 cm³/mol. The molecule has 0 radical (unpaired) electrons. The highest BCUT2D eigenvalue weighted by Gasteiger charge is 2.13. The third kappa shape index (κ3) is 1.52. The number of para-hydroxylation sites is 1. The second kappa shape index (κ2) is 3.97. The van der Waals surface area contributed by atoms with Crippen molar-refractivity contribution in [1.29, 1.82) is 5.26 Å². The van der Waals surface area contributed by atoms with E-state index in [1.807, 2.05) is 26.1 Å². The van der Waals surface area contributed by atoms with Crippen molar-refractivity contribution in [1.82, 2.24) is 9.55 Å². The average Bonchev–Trinajstić information content (AvgIpc) is 2.91. The molecule has 0 atom stereocenters. The number of thiazole rings is 1. The van der Waals surface area contributed by atoms with E-state index in [2.05, 4.69) is 33.9 Å². The van der Waals surface area contributed by atoms with Gasteiger partial charge in [0, 0.05) is 29.7 Å². The number of benzene rings is 1. The summed E-state index contributed by atoms with van der Waals surface area (Å²) < 4.78 is 2.09. The SMILES string of the molecule is Cc1nc(-c2cn(C)c3ccccc23)sc1C#N. The zero-order chi connectivity index (χ0) is 12.7. The summed E-state index contributed by atoms with van der Waals surface area (Å²) in [4.78, 5) is 5.19. The van der Waals surface area contributed by atoms with E-state index in [4.69, 9.17) is 5.26 Å². The van der Waals surface area contributed by atoms with Crippen LogP contribution in [0.3, 0.4) is 0 Å². The fraction of sp³-hybridized carbons (Fsp3) is 0.143. The van der Waals surface area contributed by atoms with Gasteiger partial charge in [0.25, 0.3) is 0 Å². The lowest BCUT2D eigenvalue weighted by Gasteiger charge is -1.93. The first kappa shape index (κ1) is 11.0. The Kier molecular flexibility index (Phi) is 2.42. The molecular formula is C14H11N3S. The number of aromatic nitrogens is 2. The standard InChI is InChI=1S/C14H11N3S/c1-9-13(7-15)18-14(16-9)11-8-17(2)12-6-4-3-5-10(11)12/h3-6,8H,1-2H3. The zero-order valence-electron chi connectivity index (χ0n) is 10.1. The van der Waals surface area contributed by atoms with Crippen LogP contribution >= 0.6 is 11.3 Å². The Morgan fingerprint density at radius 3 is 2.83 bits per heavy atom. The van der Waals surface area contributed by atoms with E-state index in [-0.39, 0.29) is 0 Å². The van der Waals surface area contributed by atoms with Crippen LogP contribution < -0.4 is 0 Å². The predicted octanol–water partition coefficient (Wildman–Crippen LogP) is 3.48. The minimum Gasteiger partial charge on any atom is -0.350 e. The zero-order valence-corrected chi connectivity index (χ0v) is 11.0. The van der Waals surface area contributed by atoms with Gasteiger partial charge in [-0.2, -0.15) is 5.26 Å². The summed E-state index contributed by atoms with van der Waals surface area (Å²) in [6, 6.07) is 10.4. The number of aryl methyl sites for hydroxylation is 2. The van der Waals surface area contributed by atoms with E-state index in [0.29, 0.717) is 4.88 Å². The fourth-order valence-corrected chi connectivity index (χ4v) is 3.02. The van der Waals surface area contributed by atoms with Crippen LogP contribution in [-0.4, -0.2) is 9.55 Å². The largest absolute Gasteiger partial charge is 0.350 e. The van der Waals surface area contributed by atoms with Crippen LogP contribution in [0.15, 0.2) is 30.5 Å². The summed E-state index contributed by atoms with van der Waals surface area (Å²) in [6.07, 6.45) is 2.07. The molecular weight excluding hydrogens is 242 g/mol. The van der Waals surface area contributed by atoms with Gasteiger partial charge in [-0.15, -0.1) is 11.3 Å². The van der Waals surface area contributed by atoms with Gasteiger partial charge in [-0.1, -0.05) is 18.2 Å². The minimum absolute atomic E-state index is 0.693. The van der Waals surface area contributed by atoms with E-state index < -0.39 is 0 Å². The summed E-state index contributed by atoms with van der Waals surface area (Å²) in [5.41, 5.74) is 3.09. The third-order valence-electron chi connectivity index (χ3n) is 3.03. The Bertz CT molecular complexity index is 774. The van der Waals surface area contributed by atoms with Crippen molar-refractivity contribution in [3.05, 3.63) is 41.0 Å². The molecule has 2 heterocycles. The minimum atomic E-state index is 0.693. The van der Waals surface area contributed by atoms with Crippen LogP contribution in [0.4, 0.5) is 0 Å². The summed E-state index contributed by atoms with van der Waals surface area (Å²) in [6.45, 7) is 1.88. The normalized spacial score (nSPS) is 10.7. The molecule has 3 rings (SSSR count). The van der Waals surface area contributed by atoms with Crippen LogP contribution in [0.25, 0.3) is 21.5 Å². The van der Waals surface area contributed by atoms with Crippen molar-refractivity contribution in [3.8, 4) is 16.6 Å². The van der Waals surface area contributed by atoms with Gasteiger partial charge < -0.3 is 4.57 Å². The van der Waals surface area contributed by atoms with Gasteiger partial charge in [0.05, 0.1) is 5.69 Å². The Balaban J connectivity index is 2.29. The van der Waals surface area contributed by atoms with E-state index in [1.165, 1.54) is 22.2 Å². The molecule has 0 fully saturated rings. The van der Waals surface area contributed by atoms with Gasteiger partial charge in [-0.25, -0.2) is 4.98 Å². The number of nitrogens with zero attached hydrogens (tertiary/aromatic N) is 3. The lowest BCUT2D eigenvalue weighted by atomic mass is 10.2. The molecule has 0 unspecified atom stereocenters. The van der Waals surface area contributed by atoms with Crippen molar-refractivity contribution in [2.75, 3.05) is 0 Å². The fourth-order valence-electron chi connectivity index (χ4n) is 2.13. The molecule has 2 aromatic heterocycles. The number of hydrogen-bond acceptors (Lipinski definition) is 3. The molecule has 0 spiro atoms. The van der Waals surface area contributed by atoms with Crippen molar-refractivity contribution in [2.24, 2.45) is 7.05 Å². The molecule has 0 aliphatic carbocycles. The van der Waals surface area contributed by atoms with E-state index in [1.54, 1.807) is 0 Å². The highest BCUT2D eigenvalue weighted by molar-refractivity contribution is 7.15. The van der Waals surface area contributed by atoms with Crippen molar-refractivity contribution in [2.45, 2.75) is 6.92 Å². The molecule has 0 N–H and O–H groups in total. The van der Waals surface area contributed by atoms with Crippen molar-refractivity contribution in [3.63, 3.8) is 0 Å². The lowest BCUT2D eigenvalue weighted by molar-refractivity contribution is 0.970. The lowest BCUT2D eigenvalue weighted by Crippen LogP contribution is -1.81. The summed E-state index contributed by atoms with van der Waals surface area (Å²) >= 11 is 1.46. The molecule has 88 valence electrons. The molecule has 4 heteroatoms. The Morgan fingerprint density at radius 2 is 2.11 bits per heavy atom. The van der Waals surface area contributed by atoms with E-state index in [0.717, 1.165) is 16.3 Å². The highest BCUT2D eigenvalue weighted by Crippen LogP contribution is 2.33. The summed E-state index contributed by atoms with van der Waals surface area (Å²) in [5.74, 6) is 0. The Labute approximate surface area is 109 Å². The maximum atomic E-state index is 9.01. The molecule has 3 nitrogen and oxygen atoms in total. The van der Waals surface area contributed by atoms with Crippen LogP contribution in [0.5, 0.6) is 0 Å². The molecule has 3 aromatic rings. The Morgan fingerprint density at radius 1 is 1.33 bits per heavy atom. The van der Waals surface area contributed by atoms with Gasteiger partial charge in [0.2, 0.25) is 0 Å². The molecule has 18 heavy (non-hydrogen) atoms. The molecule has 0 bridgehead atoms. The molecule has 0 saturated carbocycles. The highest BCUT2D eigenvalue weighted by atomic mass is 32.1. The van der Waals surface area contributed by atoms with Gasteiger partial charge in [0.15, 0.2) is 0 Å². The van der Waals surface area contributed by atoms with Gasteiger partial charge in [0.1, 0.15) is 16.0 Å². The van der Waals surface area contributed by atoms with Crippen LogP contribution in [0.1, 0.15) is 10.6 Å². The van der Waals surface area contributed by atoms with Gasteiger partial charge >= 0.3 is 0 Å². The number of rotatable bonds is 1. The topological polar surface area (TPSA) is 41.6 Å². The van der Waals surface area contributed by atoms with Crippen LogP contribution in [0, 0.1) is 18.3 Å². The molecule has 0 aliphatic heterocycles. The molecule has 1 aromatic carbocycles. The third-order valence-corrected chi connectivity index (χ3v) is 4.12. The monoisotopic (exact) mass is 253 g/mol. The van der Waals surface area contributed by atoms with E-state index >= 15 is 0 Å². The Hall–Kier alpha value is -2.12. The second-order valence-electron chi connectivity index (χ2n) is 4.22. The number of nitriles is 1. The number of hydrogen-bond donors (Lipinski definition) is 0. The summed E-state index contributed by atoms with van der Waals surface area (Å²) in [5, 5.41) is 11.1. The first-order chi connectivity index (χ1) is 8.70. The van der Waals surface area contributed by atoms with Gasteiger partial charge in [-0.05, 0) is 13.0 Å². The first-order valence-electron chi connectivity index (χ1n) is 5.62. The molecule has 0 amide bonds. The summed E-state index contributed by atoms with van der Waals surface area (Å²) in [7, 11) is 2.03. The van der Waals surface area contributed by atoms with E-state index in [9.17, 15) is 0 Å². The van der Waals surface area contributed by atoms with Crippen molar-refractivity contribution >= 4 is 22.2 Å². The maximum Gasteiger partial charge on any atom is 0.128 e. The molecule has 0 aliphatic rings. The number of fused-ring (bicyclic) bond motifs is 1. The maximum absolute atomic E-state index is 9.01. The average molecular weight is 253 g/mol. The second-order valence-corrected chi connectivity index (χ2v) is 5.22. The smallest absolute Gasteiger partial charge is 0.128 e. The quantitative estimate of drug-likeness (QED) is 0.666. The van der Waals surface area contributed by atoms with Crippen LogP contribution in [0.2, 0.25) is 0 Å². The van der Waals surface area contributed by atoms with Crippen LogP contribution in [-0.2, 0) is 7.05 Å².